The summed E-state index contributed by atoms with van der Waals surface area (Å²) in [4.78, 5) is 14.8. The molecule has 1 heterocycles. The highest BCUT2D eigenvalue weighted by atomic mass is 32.2. The average Bonchev–Trinajstić information content (AvgIpc) is 2.46. The maximum atomic E-state index is 13.0. The van der Waals surface area contributed by atoms with Gasteiger partial charge in [-0.1, -0.05) is 44.2 Å². The molecule has 1 aromatic rings. The van der Waals surface area contributed by atoms with Crippen LogP contribution < -0.4 is 5.14 Å². The van der Waals surface area contributed by atoms with Crippen LogP contribution >= 0.6 is 0 Å². The molecule has 23 heavy (non-hydrogen) atoms. The van der Waals surface area contributed by atoms with E-state index < -0.39 is 10.0 Å². The predicted octanol–water partition coefficient (Wildman–Crippen LogP) is 1.95. The van der Waals surface area contributed by atoms with Crippen molar-refractivity contribution >= 4 is 15.9 Å². The summed E-state index contributed by atoms with van der Waals surface area (Å²) in [7, 11) is -3.50. The number of benzene rings is 1. The molecule has 0 aromatic heterocycles. The molecular weight excluding hydrogens is 312 g/mol. The number of hydrogen-bond donors (Lipinski definition) is 1. The lowest BCUT2D eigenvalue weighted by atomic mass is 9.86. The Hall–Kier alpha value is -1.40. The molecular formula is C17H26N2O3S. The Morgan fingerprint density at radius 3 is 2.52 bits per heavy atom. The molecule has 2 rings (SSSR count). The van der Waals surface area contributed by atoms with Gasteiger partial charge in [0.15, 0.2) is 0 Å². The number of likely N-dealkylation sites (tertiary alicyclic amines) is 1. The molecule has 0 aliphatic carbocycles. The molecule has 0 bridgehead atoms. The largest absolute Gasteiger partial charge is 0.342 e. The normalized spacial score (nSPS) is 20.5. The van der Waals surface area contributed by atoms with Gasteiger partial charge < -0.3 is 4.90 Å². The summed E-state index contributed by atoms with van der Waals surface area (Å²) in [6, 6.07) is 9.78. The second-order valence-corrected chi connectivity index (χ2v) is 8.41. The lowest BCUT2D eigenvalue weighted by Gasteiger charge is -2.35. The number of hydrogen-bond acceptors (Lipinski definition) is 3. The molecule has 0 unspecified atom stereocenters. The number of nitrogens with two attached hydrogens (primary N) is 1. The Balaban J connectivity index is 2.13. The van der Waals surface area contributed by atoms with Gasteiger partial charge >= 0.3 is 0 Å². The van der Waals surface area contributed by atoms with E-state index in [9.17, 15) is 13.2 Å². The van der Waals surface area contributed by atoms with Crippen molar-refractivity contribution in [3.05, 3.63) is 35.9 Å². The Labute approximate surface area is 138 Å². The van der Waals surface area contributed by atoms with Crippen LogP contribution in [-0.2, 0) is 14.8 Å². The number of carbonyl (C=O) groups excluding carboxylic acids is 1. The molecule has 1 aromatic carbocycles. The SMILES string of the molecule is CC(C)[C@H](C(=O)N1CCC[C@H](CS(N)(=O)=O)C1)c1ccccc1. The Kier molecular flexibility index (Phi) is 5.81. The molecule has 1 aliphatic rings. The maximum absolute atomic E-state index is 13.0. The van der Waals surface area contributed by atoms with Crippen LogP contribution in [0, 0.1) is 11.8 Å². The van der Waals surface area contributed by atoms with Crippen molar-refractivity contribution in [3.8, 4) is 0 Å². The molecule has 2 N–H and O–H groups in total. The van der Waals surface area contributed by atoms with E-state index in [-0.39, 0.29) is 29.4 Å². The zero-order chi connectivity index (χ0) is 17.0. The summed E-state index contributed by atoms with van der Waals surface area (Å²) < 4.78 is 22.6. The maximum Gasteiger partial charge on any atom is 0.230 e. The molecule has 1 amide bonds. The van der Waals surface area contributed by atoms with Gasteiger partial charge in [0.25, 0.3) is 0 Å². The summed E-state index contributed by atoms with van der Waals surface area (Å²) >= 11 is 0. The average molecular weight is 338 g/mol. The van der Waals surface area contributed by atoms with Gasteiger partial charge in [0.2, 0.25) is 15.9 Å². The van der Waals surface area contributed by atoms with Crippen molar-refractivity contribution in [1.29, 1.82) is 0 Å². The van der Waals surface area contributed by atoms with Gasteiger partial charge in [-0.05, 0) is 30.2 Å². The summed E-state index contributed by atoms with van der Waals surface area (Å²) in [6.45, 7) is 5.25. The quantitative estimate of drug-likeness (QED) is 0.891. The number of rotatable bonds is 5. The van der Waals surface area contributed by atoms with Crippen LogP contribution in [0.5, 0.6) is 0 Å². The van der Waals surface area contributed by atoms with Crippen LogP contribution in [0.4, 0.5) is 0 Å². The zero-order valence-corrected chi connectivity index (χ0v) is 14.6. The number of carbonyl (C=O) groups is 1. The molecule has 1 fully saturated rings. The molecule has 6 heteroatoms. The molecule has 1 aliphatic heterocycles. The number of nitrogens with zero attached hydrogens (tertiary/aromatic N) is 1. The first-order valence-electron chi connectivity index (χ1n) is 8.12. The number of primary sulfonamides is 1. The lowest BCUT2D eigenvalue weighted by Crippen LogP contribution is -2.45. The second kappa shape index (κ2) is 7.45. The molecule has 1 saturated heterocycles. The highest BCUT2D eigenvalue weighted by Gasteiger charge is 2.32. The predicted molar refractivity (Wildman–Crippen MR) is 91.3 cm³/mol. The first-order chi connectivity index (χ1) is 10.8. The smallest absolute Gasteiger partial charge is 0.230 e. The third-order valence-electron chi connectivity index (χ3n) is 4.39. The minimum absolute atomic E-state index is 0.0472. The van der Waals surface area contributed by atoms with Gasteiger partial charge in [0.05, 0.1) is 11.7 Å². The van der Waals surface area contributed by atoms with Crippen molar-refractivity contribution in [2.45, 2.75) is 32.6 Å². The monoisotopic (exact) mass is 338 g/mol. The van der Waals surface area contributed by atoms with E-state index in [0.717, 1.165) is 18.4 Å². The van der Waals surface area contributed by atoms with E-state index in [4.69, 9.17) is 5.14 Å². The number of piperidine rings is 1. The van der Waals surface area contributed by atoms with Crippen LogP contribution in [0.15, 0.2) is 30.3 Å². The lowest BCUT2D eigenvalue weighted by molar-refractivity contribution is -0.135. The highest BCUT2D eigenvalue weighted by molar-refractivity contribution is 7.89. The van der Waals surface area contributed by atoms with E-state index in [0.29, 0.717) is 13.1 Å². The van der Waals surface area contributed by atoms with Gasteiger partial charge in [-0.15, -0.1) is 0 Å². The Bertz CT molecular complexity index is 628. The molecule has 2 atom stereocenters. The first kappa shape index (κ1) is 17.9. The summed E-state index contributed by atoms with van der Waals surface area (Å²) in [5, 5.41) is 5.16. The molecule has 0 spiro atoms. The van der Waals surface area contributed by atoms with Crippen LogP contribution in [0.1, 0.15) is 38.2 Å². The van der Waals surface area contributed by atoms with E-state index in [1.807, 2.05) is 49.1 Å². The van der Waals surface area contributed by atoms with Crippen molar-refractivity contribution in [1.82, 2.24) is 4.90 Å². The summed E-state index contributed by atoms with van der Waals surface area (Å²) in [5.41, 5.74) is 1.01. The molecule has 0 radical (unpaired) electrons. The van der Waals surface area contributed by atoms with E-state index in [1.54, 1.807) is 0 Å². The summed E-state index contributed by atoms with van der Waals surface area (Å²) in [5.74, 6) is -0.0291. The van der Waals surface area contributed by atoms with Gasteiger partial charge in [0, 0.05) is 13.1 Å². The Morgan fingerprint density at radius 2 is 1.96 bits per heavy atom. The highest BCUT2D eigenvalue weighted by Crippen LogP contribution is 2.29. The fourth-order valence-electron chi connectivity index (χ4n) is 3.40. The fraction of sp³-hybridized carbons (Fsp3) is 0.588. The summed E-state index contributed by atoms with van der Waals surface area (Å²) in [6.07, 6.45) is 1.63. The molecule has 128 valence electrons. The van der Waals surface area contributed by atoms with Crippen molar-refractivity contribution in [2.75, 3.05) is 18.8 Å². The van der Waals surface area contributed by atoms with Gasteiger partial charge in [-0.2, -0.15) is 0 Å². The number of amides is 1. The van der Waals surface area contributed by atoms with Crippen molar-refractivity contribution in [3.63, 3.8) is 0 Å². The van der Waals surface area contributed by atoms with E-state index in [1.165, 1.54) is 0 Å². The van der Waals surface area contributed by atoms with E-state index in [2.05, 4.69) is 0 Å². The Morgan fingerprint density at radius 1 is 1.30 bits per heavy atom. The van der Waals surface area contributed by atoms with Crippen LogP contribution in [-0.4, -0.2) is 38.1 Å². The van der Waals surface area contributed by atoms with Crippen LogP contribution in [0.3, 0.4) is 0 Å². The third-order valence-corrected chi connectivity index (χ3v) is 5.33. The first-order valence-corrected chi connectivity index (χ1v) is 9.83. The molecule has 5 nitrogen and oxygen atoms in total. The van der Waals surface area contributed by atoms with Crippen LogP contribution in [0.2, 0.25) is 0 Å². The molecule has 0 saturated carbocycles. The fourth-order valence-corrected chi connectivity index (χ4v) is 4.33. The standard InChI is InChI=1S/C17H26N2O3S/c1-13(2)16(15-8-4-3-5-9-15)17(20)19-10-6-7-14(11-19)12-23(18,21)22/h3-5,8-9,13-14,16H,6-7,10-12H2,1-2H3,(H2,18,21,22)/t14-,16-/m0/s1. The van der Waals surface area contributed by atoms with Crippen molar-refractivity contribution in [2.24, 2.45) is 17.0 Å². The second-order valence-electron chi connectivity index (χ2n) is 6.75. The third kappa shape index (κ3) is 5.04. The topological polar surface area (TPSA) is 80.5 Å². The van der Waals surface area contributed by atoms with Crippen LogP contribution in [0.25, 0.3) is 0 Å². The zero-order valence-electron chi connectivity index (χ0n) is 13.8. The van der Waals surface area contributed by atoms with Gasteiger partial charge in [-0.3, -0.25) is 4.79 Å². The van der Waals surface area contributed by atoms with Gasteiger partial charge in [-0.25, -0.2) is 13.6 Å². The minimum atomic E-state index is -3.50. The van der Waals surface area contributed by atoms with Gasteiger partial charge in [0.1, 0.15) is 0 Å². The number of sulfonamides is 1. The minimum Gasteiger partial charge on any atom is -0.342 e. The van der Waals surface area contributed by atoms with Crippen molar-refractivity contribution < 1.29 is 13.2 Å². The van der Waals surface area contributed by atoms with E-state index >= 15 is 0 Å².